The molecule has 0 spiro atoms. The number of phenolic OH excluding ortho intramolecular Hbond substituents is 2. The zero-order valence-corrected chi connectivity index (χ0v) is 17.4. The average molecular weight is 359 g/mol. The van der Waals surface area contributed by atoms with Gasteiger partial charge in [0.15, 0.2) is 0 Å². The van der Waals surface area contributed by atoms with Gasteiger partial charge in [0.25, 0.3) is 0 Å². The lowest BCUT2D eigenvalue weighted by molar-refractivity contribution is 0.465. The Morgan fingerprint density at radius 2 is 0.960 bits per heavy atom. The van der Waals surface area contributed by atoms with E-state index in [0.29, 0.717) is 11.5 Å². The molecule has 25 heavy (non-hydrogen) atoms. The highest BCUT2D eigenvalue weighted by Gasteiger charge is 2.24. The van der Waals surface area contributed by atoms with Crippen LogP contribution in [0.4, 0.5) is 0 Å². The molecule has 2 aromatic carbocycles. The molecule has 2 N–H and O–H groups in total. The van der Waals surface area contributed by atoms with Gasteiger partial charge in [0.1, 0.15) is 11.5 Å². The van der Waals surface area contributed by atoms with Gasteiger partial charge in [-0.05, 0) is 71.2 Å². The van der Waals surface area contributed by atoms with E-state index in [1.165, 1.54) is 0 Å². The Balaban J connectivity index is 2.65. The van der Waals surface area contributed by atoms with Crippen LogP contribution in [-0.2, 0) is 10.8 Å². The normalized spacial score (nSPS) is 12.5. The van der Waals surface area contributed by atoms with Crippen molar-refractivity contribution >= 4 is 11.8 Å². The minimum absolute atomic E-state index is 0.0681. The second-order valence-corrected chi connectivity index (χ2v) is 9.96. The first-order valence-corrected chi connectivity index (χ1v) is 9.48. The minimum atomic E-state index is -0.0681. The molecular formula is C22H30O2S. The molecule has 0 bridgehead atoms. The SMILES string of the molecule is Cc1cc(Sc2cc(C)c(O)cc2C(C)(C)C)c(C(C)(C)C)cc1O. The highest BCUT2D eigenvalue weighted by Crippen LogP contribution is 2.44. The van der Waals surface area contributed by atoms with Crippen LogP contribution >= 0.6 is 11.8 Å². The predicted octanol–water partition coefficient (Wildman–Crippen LogP) is 6.46. The van der Waals surface area contributed by atoms with E-state index in [1.54, 1.807) is 11.8 Å². The Labute approximate surface area is 156 Å². The van der Waals surface area contributed by atoms with Gasteiger partial charge in [-0.3, -0.25) is 0 Å². The quantitative estimate of drug-likeness (QED) is 0.647. The van der Waals surface area contributed by atoms with Crippen molar-refractivity contribution in [2.75, 3.05) is 0 Å². The van der Waals surface area contributed by atoms with Gasteiger partial charge < -0.3 is 10.2 Å². The molecule has 2 aromatic rings. The van der Waals surface area contributed by atoms with Crippen molar-refractivity contribution in [3.8, 4) is 11.5 Å². The molecule has 2 nitrogen and oxygen atoms in total. The number of benzene rings is 2. The summed E-state index contributed by atoms with van der Waals surface area (Å²) >= 11 is 1.72. The molecule has 0 amide bonds. The minimum Gasteiger partial charge on any atom is -0.508 e. The van der Waals surface area contributed by atoms with Crippen molar-refractivity contribution in [2.24, 2.45) is 0 Å². The first-order chi connectivity index (χ1) is 11.3. The molecule has 0 heterocycles. The Hall–Kier alpha value is -1.61. The van der Waals surface area contributed by atoms with Gasteiger partial charge in [0, 0.05) is 9.79 Å². The third-order valence-corrected chi connectivity index (χ3v) is 5.55. The standard InChI is InChI=1S/C22H30O2S/c1-13-9-19(15(11-17(13)23)21(3,4)5)25-20-10-14(2)18(24)12-16(20)22(6,7)8/h9-12,23-24H,1-8H3. The van der Waals surface area contributed by atoms with Gasteiger partial charge >= 0.3 is 0 Å². The molecule has 0 aromatic heterocycles. The first-order valence-electron chi connectivity index (χ1n) is 8.66. The van der Waals surface area contributed by atoms with Crippen LogP contribution in [0.1, 0.15) is 63.8 Å². The van der Waals surface area contributed by atoms with Crippen LogP contribution in [0.15, 0.2) is 34.1 Å². The molecule has 0 aliphatic carbocycles. The summed E-state index contributed by atoms with van der Waals surface area (Å²) in [6.07, 6.45) is 0. The summed E-state index contributed by atoms with van der Waals surface area (Å²) in [7, 11) is 0. The molecule has 0 aliphatic rings. The van der Waals surface area contributed by atoms with E-state index in [1.807, 2.05) is 26.0 Å². The predicted molar refractivity (Wildman–Crippen MR) is 107 cm³/mol. The maximum atomic E-state index is 10.2. The summed E-state index contributed by atoms with van der Waals surface area (Å²) in [5.41, 5.74) is 3.88. The Morgan fingerprint density at radius 3 is 1.24 bits per heavy atom. The molecular weight excluding hydrogens is 328 g/mol. The zero-order chi connectivity index (χ0) is 19.2. The molecule has 2 rings (SSSR count). The van der Waals surface area contributed by atoms with Gasteiger partial charge in [-0.1, -0.05) is 53.3 Å². The molecule has 0 radical (unpaired) electrons. The molecule has 0 unspecified atom stereocenters. The molecule has 0 saturated carbocycles. The molecule has 0 fully saturated rings. The molecule has 0 atom stereocenters. The third-order valence-electron chi connectivity index (χ3n) is 4.43. The van der Waals surface area contributed by atoms with E-state index in [0.717, 1.165) is 32.0 Å². The van der Waals surface area contributed by atoms with Crippen LogP contribution < -0.4 is 0 Å². The van der Waals surface area contributed by atoms with Crippen LogP contribution in [-0.4, -0.2) is 10.2 Å². The van der Waals surface area contributed by atoms with Gasteiger partial charge in [-0.15, -0.1) is 0 Å². The summed E-state index contributed by atoms with van der Waals surface area (Å²) in [5, 5.41) is 20.4. The van der Waals surface area contributed by atoms with E-state index in [9.17, 15) is 10.2 Å². The van der Waals surface area contributed by atoms with Crippen molar-refractivity contribution in [2.45, 2.75) is 76.0 Å². The Kier molecular flexibility index (Phi) is 5.21. The number of aryl methyl sites for hydroxylation is 2. The van der Waals surface area contributed by atoms with E-state index in [-0.39, 0.29) is 10.8 Å². The fourth-order valence-electron chi connectivity index (χ4n) is 2.80. The zero-order valence-electron chi connectivity index (χ0n) is 16.6. The monoisotopic (exact) mass is 358 g/mol. The maximum absolute atomic E-state index is 10.2. The van der Waals surface area contributed by atoms with Crippen molar-refractivity contribution < 1.29 is 10.2 Å². The molecule has 0 aliphatic heterocycles. The van der Waals surface area contributed by atoms with Gasteiger partial charge in [0.2, 0.25) is 0 Å². The van der Waals surface area contributed by atoms with E-state index in [4.69, 9.17) is 0 Å². The number of hydrogen-bond donors (Lipinski definition) is 2. The molecule has 136 valence electrons. The number of rotatable bonds is 2. The van der Waals surface area contributed by atoms with E-state index >= 15 is 0 Å². The summed E-state index contributed by atoms with van der Waals surface area (Å²) in [6.45, 7) is 16.8. The largest absolute Gasteiger partial charge is 0.508 e. The van der Waals surface area contributed by atoms with Crippen LogP contribution in [0.5, 0.6) is 11.5 Å². The van der Waals surface area contributed by atoms with Crippen molar-refractivity contribution in [3.63, 3.8) is 0 Å². The maximum Gasteiger partial charge on any atom is 0.118 e. The summed E-state index contributed by atoms with van der Waals surface area (Å²) < 4.78 is 0. The van der Waals surface area contributed by atoms with Crippen molar-refractivity contribution in [1.29, 1.82) is 0 Å². The van der Waals surface area contributed by atoms with Gasteiger partial charge in [0.05, 0.1) is 0 Å². The Morgan fingerprint density at radius 1 is 0.640 bits per heavy atom. The number of aromatic hydroxyl groups is 2. The topological polar surface area (TPSA) is 40.5 Å². The average Bonchev–Trinajstić information content (AvgIpc) is 2.43. The summed E-state index contributed by atoms with van der Waals surface area (Å²) in [4.78, 5) is 2.30. The Bertz CT molecular complexity index is 726. The van der Waals surface area contributed by atoms with E-state index < -0.39 is 0 Å². The van der Waals surface area contributed by atoms with Gasteiger partial charge in [-0.25, -0.2) is 0 Å². The second-order valence-electron chi connectivity index (χ2n) is 8.87. The summed E-state index contributed by atoms with van der Waals surface area (Å²) in [5.74, 6) is 0.680. The lowest BCUT2D eigenvalue weighted by Crippen LogP contribution is -2.14. The van der Waals surface area contributed by atoms with Crippen LogP contribution in [0.25, 0.3) is 0 Å². The fourth-order valence-corrected chi connectivity index (χ4v) is 4.46. The van der Waals surface area contributed by atoms with Crippen LogP contribution in [0, 0.1) is 13.8 Å². The van der Waals surface area contributed by atoms with Gasteiger partial charge in [-0.2, -0.15) is 0 Å². The van der Waals surface area contributed by atoms with E-state index in [2.05, 4.69) is 53.7 Å². The first kappa shape index (κ1) is 19.7. The molecule has 3 heteroatoms. The van der Waals surface area contributed by atoms with Crippen molar-refractivity contribution in [1.82, 2.24) is 0 Å². The highest BCUT2D eigenvalue weighted by atomic mass is 32.2. The number of phenols is 2. The third kappa shape index (κ3) is 4.33. The number of hydrogen-bond acceptors (Lipinski definition) is 3. The fraction of sp³-hybridized carbons (Fsp3) is 0.455. The molecule has 0 saturated heterocycles. The lowest BCUT2D eigenvalue weighted by Gasteiger charge is -2.27. The lowest BCUT2D eigenvalue weighted by atomic mass is 9.86. The smallest absolute Gasteiger partial charge is 0.118 e. The summed E-state index contributed by atoms with van der Waals surface area (Å²) in [6, 6.07) is 7.91. The van der Waals surface area contributed by atoms with Crippen molar-refractivity contribution in [3.05, 3.63) is 46.5 Å². The van der Waals surface area contributed by atoms with Crippen LogP contribution in [0.2, 0.25) is 0 Å². The highest BCUT2D eigenvalue weighted by molar-refractivity contribution is 7.99. The second kappa shape index (κ2) is 6.60. The van der Waals surface area contributed by atoms with Crippen LogP contribution in [0.3, 0.4) is 0 Å².